The molecule has 0 fully saturated rings. The van der Waals surface area contributed by atoms with E-state index >= 15 is 0 Å². The Hall–Kier alpha value is -1.37. The Balaban J connectivity index is 2.53. The zero-order chi connectivity index (χ0) is 12.7. The van der Waals surface area contributed by atoms with E-state index in [1.165, 1.54) is 13.3 Å². The van der Waals surface area contributed by atoms with Gasteiger partial charge in [0.15, 0.2) is 0 Å². The molecule has 0 aromatic carbocycles. The zero-order valence-corrected chi connectivity index (χ0v) is 11.5. The molecule has 0 bridgehead atoms. The number of amides is 1. The van der Waals surface area contributed by atoms with Gasteiger partial charge >= 0.3 is 0 Å². The van der Waals surface area contributed by atoms with Crippen molar-refractivity contribution in [3.8, 4) is 0 Å². The molecule has 0 atom stereocenters. The molecule has 0 aliphatic heterocycles. The van der Waals surface area contributed by atoms with Crippen molar-refractivity contribution in [3.05, 3.63) is 10.8 Å². The van der Waals surface area contributed by atoms with Gasteiger partial charge in [0.1, 0.15) is 22.4 Å². The van der Waals surface area contributed by atoms with E-state index in [0.717, 1.165) is 16.8 Å². The average molecular weight is 302 g/mol. The van der Waals surface area contributed by atoms with E-state index in [2.05, 4.69) is 41.8 Å². The highest BCUT2D eigenvalue weighted by molar-refractivity contribution is 9.10. The molecule has 0 unspecified atom stereocenters. The van der Waals surface area contributed by atoms with Crippen LogP contribution in [0.5, 0.6) is 0 Å². The van der Waals surface area contributed by atoms with Crippen LogP contribution in [0.1, 0.15) is 13.8 Å². The molecule has 0 radical (unpaired) electrons. The SMILES string of the molecule is CCNc1ncnc(NCCNC(C)=O)c1Br. The lowest BCUT2D eigenvalue weighted by Crippen LogP contribution is -2.26. The molecule has 1 aromatic heterocycles. The Labute approximate surface area is 109 Å². The summed E-state index contributed by atoms with van der Waals surface area (Å²) in [6.07, 6.45) is 1.49. The third-order valence-electron chi connectivity index (χ3n) is 1.93. The number of nitrogens with zero attached hydrogens (tertiary/aromatic N) is 2. The maximum atomic E-state index is 10.7. The Morgan fingerprint density at radius 2 is 1.94 bits per heavy atom. The largest absolute Gasteiger partial charge is 0.369 e. The predicted molar refractivity (Wildman–Crippen MR) is 71.1 cm³/mol. The molecule has 94 valence electrons. The maximum absolute atomic E-state index is 10.7. The van der Waals surface area contributed by atoms with E-state index in [0.29, 0.717) is 18.9 Å². The van der Waals surface area contributed by atoms with Crippen LogP contribution >= 0.6 is 15.9 Å². The molecule has 1 heterocycles. The molecule has 0 saturated carbocycles. The van der Waals surface area contributed by atoms with E-state index in [4.69, 9.17) is 0 Å². The fourth-order valence-corrected chi connectivity index (χ4v) is 1.69. The molecule has 0 spiro atoms. The number of hydrogen-bond donors (Lipinski definition) is 3. The molecule has 0 saturated heterocycles. The highest BCUT2D eigenvalue weighted by Gasteiger charge is 2.06. The van der Waals surface area contributed by atoms with Gasteiger partial charge in [-0.15, -0.1) is 0 Å². The molecular weight excluding hydrogens is 286 g/mol. The highest BCUT2D eigenvalue weighted by atomic mass is 79.9. The van der Waals surface area contributed by atoms with E-state index < -0.39 is 0 Å². The van der Waals surface area contributed by atoms with Crippen LogP contribution in [-0.2, 0) is 4.79 Å². The number of aromatic nitrogens is 2. The van der Waals surface area contributed by atoms with Gasteiger partial charge in [-0.1, -0.05) is 0 Å². The molecular formula is C10H16BrN5O. The summed E-state index contributed by atoms with van der Waals surface area (Å²) in [6.45, 7) is 5.45. The second kappa shape index (κ2) is 7.05. The highest BCUT2D eigenvalue weighted by Crippen LogP contribution is 2.25. The molecule has 0 aliphatic carbocycles. The summed E-state index contributed by atoms with van der Waals surface area (Å²) < 4.78 is 0.796. The number of carbonyl (C=O) groups excluding carboxylic acids is 1. The number of hydrogen-bond acceptors (Lipinski definition) is 5. The molecule has 1 amide bonds. The third kappa shape index (κ3) is 4.56. The standard InChI is InChI=1S/C10H16BrN5O/c1-3-12-9-8(11)10(16-6-15-9)14-5-4-13-7(2)17/h6H,3-5H2,1-2H3,(H,13,17)(H2,12,14,15,16). The number of anilines is 2. The van der Waals surface area contributed by atoms with Crippen LogP contribution in [0.4, 0.5) is 11.6 Å². The average Bonchev–Trinajstić information content (AvgIpc) is 2.29. The van der Waals surface area contributed by atoms with Gasteiger partial charge in [0.05, 0.1) is 0 Å². The van der Waals surface area contributed by atoms with Crippen molar-refractivity contribution in [2.24, 2.45) is 0 Å². The maximum Gasteiger partial charge on any atom is 0.216 e. The van der Waals surface area contributed by atoms with Crippen molar-refractivity contribution in [1.82, 2.24) is 15.3 Å². The Bertz CT molecular complexity index is 385. The Morgan fingerprint density at radius 3 is 2.53 bits per heavy atom. The first-order valence-corrected chi connectivity index (χ1v) is 6.17. The first kappa shape index (κ1) is 13.7. The monoisotopic (exact) mass is 301 g/mol. The summed E-state index contributed by atoms with van der Waals surface area (Å²) in [5.74, 6) is 1.42. The molecule has 0 aliphatic rings. The van der Waals surface area contributed by atoms with Gasteiger partial charge in [-0.3, -0.25) is 4.79 Å². The third-order valence-corrected chi connectivity index (χ3v) is 2.68. The van der Waals surface area contributed by atoms with Gasteiger partial charge in [0, 0.05) is 26.6 Å². The summed E-state index contributed by atoms with van der Waals surface area (Å²) in [6, 6.07) is 0. The molecule has 6 nitrogen and oxygen atoms in total. The van der Waals surface area contributed by atoms with Crippen LogP contribution in [0.3, 0.4) is 0 Å². The summed E-state index contributed by atoms with van der Waals surface area (Å²) >= 11 is 3.43. The number of rotatable bonds is 6. The topological polar surface area (TPSA) is 78.9 Å². The second-order valence-corrected chi connectivity index (χ2v) is 4.12. The van der Waals surface area contributed by atoms with Crippen molar-refractivity contribution in [3.63, 3.8) is 0 Å². The van der Waals surface area contributed by atoms with E-state index in [-0.39, 0.29) is 5.91 Å². The summed E-state index contributed by atoms with van der Waals surface area (Å²) in [4.78, 5) is 18.9. The lowest BCUT2D eigenvalue weighted by Gasteiger charge is -2.10. The lowest BCUT2D eigenvalue weighted by molar-refractivity contribution is -0.118. The van der Waals surface area contributed by atoms with Gasteiger partial charge in [0.25, 0.3) is 0 Å². The minimum absolute atomic E-state index is 0.0399. The quantitative estimate of drug-likeness (QED) is 0.689. The van der Waals surface area contributed by atoms with E-state index in [1.54, 1.807) is 0 Å². The van der Waals surface area contributed by atoms with Crippen LogP contribution < -0.4 is 16.0 Å². The van der Waals surface area contributed by atoms with Gasteiger partial charge in [-0.05, 0) is 22.9 Å². The Kier molecular flexibility index (Phi) is 5.68. The minimum atomic E-state index is -0.0399. The Morgan fingerprint density at radius 1 is 1.29 bits per heavy atom. The number of carbonyl (C=O) groups is 1. The van der Waals surface area contributed by atoms with Crippen molar-refractivity contribution < 1.29 is 4.79 Å². The van der Waals surface area contributed by atoms with Crippen molar-refractivity contribution >= 4 is 33.5 Å². The summed E-state index contributed by atoms with van der Waals surface area (Å²) in [5, 5.41) is 8.93. The van der Waals surface area contributed by atoms with Crippen LogP contribution in [-0.4, -0.2) is 35.5 Å². The molecule has 1 aromatic rings. The van der Waals surface area contributed by atoms with Gasteiger partial charge in [-0.2, -0.15) is 0 Å². The second-order valence-electron chi connectivity index (χ2n) is 3.32. The van der Waals surface area contributed by atoms with Crippen molar-refractivity contribution in [1.29, 1.82) is 0 Å². The zero-order valence-electron chi connectivity index (χ0n) is 9.88. The number of nitrogens with one attached hydrogen (secondary N) is 3. The van der Waals surface area contributed by atoms with Gasteiger partial charge in [-0.25, -0.2) is 9.97 Å². The minimum Gasteiger partial charge on any atom is -0.369 e. The van der Waals surface area contributed by atoms with Crippen molar-refractivity contribution in [2.45, 2.75) is 13.8 Å². The van der Waals surface area contributed by atoms with Gasteiger partial charge < -0.3 is 16.0 Å². The van der Waals surface area contributed by atoms with Crippen molar-refractivity contribution in [2.75, 3.05) is 30.3 Å². The smallest absolute Gasteiger partial charge is 0.216 e. The first-order chi connectivity index (χ1) is 8.15. The fourth-order valence-electron chi connectivity index (χ4n) is 1.20. The van der Waals surface area contributed by atoms with Crippen LogP contribution in [0.25, 0.3) is 0 Å². The predicted octanol–water partition coefficient (Wildman–Crippen LogP) is 1.22. The van der Waals surface area contributed by atoms with E-state index in [9.17, 15) is 4.79 Å². The summed E-state index contributed by atoms with van der Waals surface area (Å²) in [5.41, 5.74) is 0. The van der Waals surface area contributed by atoms with Crippen LogP contribution in [0.15, 0.2) is 10.8 Å². The fraction of sp³-hybridized carbons (Fsp3) is 0.500. The van der Waals surface area contributed by atoms with Crippen LogP contribution in [0, 0.1) is 0 Å². The molecule has 7 heteroatoms. The van der Waals surface area contributed by atoms with Crippen LogP contribution in [0.2, 0.25) is 0 Å². The first-order valence-electron chi connectivity index (χ1n) is 5.37. The summed E-state index contributed by atoms with van der Waals surface area (Å²) in [7, 11) is 0. The molecule has 3 N–H and O–H groups in total. The van der Waals surface area contributed by atoms with E-state index in [1.807, 2.05) is 6.92 Å². The number of halogens is 1. The molecule has 1 rings (SSSR count). The lowest BCUT2D eigenvalue weighted by atomic mass is 10.5. The molecule has 17 heavy (non-hydrogen) atoms. The normalized spacial score (nSPS) is 9.82. The van der Waals surface area contributed by atoms with Gasteiger partial charge in [0.2, 0.25) is 5.91 Å².